The van der Waals surface area contributed by atoms with Gasteiger partial charge in [0, 0.05) is 24.5 Å². The fourth-order valence-corrected chi connectivity index (χ4v) is 2.57. The minimum Gasteiger partial charge on any atom is -0.399 e. The molecule has 2 unspecified atom stereocenters. The van der Waals surface area contributed by atoms with Gasteiger partial charge in [0.05, 0.1) is 18.8 Å². The highest BCUT2D eigenvalue weighted by molar-refractivity contribution is 5.95. The molecule has 1 aliphatic heterocycles. The fraction of sp³-hybridized carbons (Fsp3) is 0.562. The van der Waals surface area contributed by atoms with Gasteiger partial charge in [-0.2, -0.15) is 0 Å². The maximum absolute atomic E-state index is 12.4. The van der Waals surface area contributed by atoms with Crippen LogP contribution in [0.2, 0.25) is 0 Å². The summed E-state index contributed by atoms with van der Waals surface area (Å²) < 4.78 is 5.65. The first kappa shape index (κ1) is 15.8. The smallest absolute Gasteiger partial charge is 0.241 e. The molecule has 5 nitrogen and oxygen atoms in total. The number of carbonyl (C=O) groups excluding carboxylic acids is 1. The summed E-state index contributed by atoms with van der Waals surface area (Å²) in [5.74, 6) is 0.0135. The normalized spacial score (nSPS) is 21.0. The van der Waals surface area contributed by atoms with Crippen molar-refractivity contribution in [1.82, 2.24) is 4.90 Å². The van der Waals surface area contributed by atoms with Crippen molar-refractivity contribution in [3.63, 3.8) is 0 Å². The molecule has 116 valence electrons. The largest absolute Gasteiger partial charge is 0.399 e. The Morgan fingerprint density at radius 2 is 2.33 bits per heavy atom. The molecular weight excluding hydrogens is 266 g/mol. The summed E-state index contributed by atoms with van der Waals surface area (Å²) >= 11 is 0. The number of aryl methyl sites for hydroxylation is 1. The number of nitrogens with zero attached hydrogens (tertiary/aromatic N) is 1. The van der Waals surface area contributed by atoms with E-state index in [1.807, 2.05) is 26.0 Å². The van der Waals surface area contributed by atoms with Gasteiger partial charge in [0.25, 0.3) is 0 Å². The molecule has 21 heavy (non-hydrogen) atoms. The number of hydrogen-bond acceptors (Lipinski definition) is 4. The number of carbonyl (C=O) groups is 1. The zero-order valence-electron chi connectivity index (χ0n) is 13.1. The first-order valence-corrected chi connectivity index (χ1v) is 7.54. The van der Waals surface area contributed by atoms with Gasteiger partial charge < -0.3 is 15.8 Å². The van der Waals surface area contributed by atoms with Gasteiger partial charge in [-0.15, -0.1) is 0 Å². The van der Waals surface area contributed by atoms with E-state index < -0.39 is 0 Å². The number of rotatable bonds is 4. The lowest BCUT2D eigenvalue weighted by Crippen LogP contribution is -2.50. The lowest BCUT2D eigenvalue weighted by molar-refractivity contribution is -0.124. The average molecular weight is 291 g/mol. The second-order valence-corrected chi connectivity index (χ2v) is 5.64. The maximum Gasteiger partial charge on any atom is 0.241 e. The molecule has 1 aromatic carbocycles. The first-order chi connectivity index (χ1) is 10.0. The lowest BCUT2D eigenvalue weighted by Gasteiger charge is -2.35. The molecule has 0 aromatic heterocycles. The number of ether oxygens (including phenoxy) is 1. The Balaban J connectivity index is 1.99. The summed E-state index contributed by atoms with van der Waals surface area (Å²) in [7, 11) is 0. The fourth-order valence-electron chi connectivity index (χ4n) is 2.57. The van der Waals surface area contributed by atoms with Crippen LogP contribution in [-0.2, 0) is 9.53 Å². The van der Waals surface area contributed by atoms with Crippen LogP contribution in [0.1, 0.15) is 25.8 Å². The van der Waals surface area contributed by atoms with Crippen LogP contribution in [0, 0.1) is 6.92 Å². The molecule has 0 saturated carbocycles. The van der Waals surface area contributed by atoms with Crippen LogP contribution >= 0.6 is 0 Å². The minimum atomic E-state index is -0.167. The van der Waals surface area contributed by atoms with E-state index in [4.69, 9.17) is 10.5 Å². The van der Waals surface area contributed by atoms with E-state index in [1.54, 1.807) is 6.07 Å². The molecule has 0 radical (unpaired) electrons. The maximum atomic E-state index is 12.4. The van der Waals surface area contributed by atoms with Gasteiger partial charge in [0.1, 0.15) is 0 Å². The van der Waals surface area contributed by atoms with Crippen LogP contribution in [0.5, 0.6) is 0 Å². The number of hydrogen-bond donors (Lipinski definition) is 2. The molecule has 2 atom stereocenters. The van der Waals surface area contributed by atoms with Crippen molar-refractivity contribution in [3.8, 4) is 0 Å². The molecule has 0 bridgehead atoms. The predicted octanol–water partition coefficient (Wildman–Crippen LogP) is 2.02. The van der Waals surface area contributed by atoms with Gasteiger partial charge in [-0.1, -0.05) is 6.92 Å². The van der Waals surface area contributed by atoms with Crippen LogP contribution < -0.4 is 11.1 Å². The number of nitrogens with two attached hydrogens (primary N) is 1. The minimum absolute atomic E-state index is 0.0135. The summed E-state index contributed by atoms with van der Waals surface area (Å²) in [5, 5.41) is 2.99. The van der Waals surface area contributed by atoms with Gasteiger partial charge in [-0.3, -0.25) is 9.69 Å². The van der Waals surface area contributed by atoms with Gasteiger partial charge >= 0.3 is 0 Å². The SMILES string of the molecule is CCC1CN(C(C)C(=O)Nc2ccc(N)cc2C)CCO1. The Labute approximate surface area is 126 Å². The molecule has 0 spiro atoms. The van der Waals surface area contributed by atoms with Crippen LogP contribution in [0.15, 0.2) is 18.2 Å². The molecule has 1 fully saturated rings. The highest BCUT2D eigenvalue weighted by atomic mass is 16.5. The Bertz CT molecular complexity index is 504. The van der Waals surface area contributed by atoms with E-state index in [2.05, 4.69) is 17.1 Å². The molecule has 1 aliphatic rings. The molecule has 5 heteroatoms. The average Bonchev–Trinajstić information content (AvgIpc) is 2.49. The summed E-state index contributed by atoms with van der Waals surface area (Å²) in [6.45, 7) is 8.30. The van der Waals surface area contributed by atoms with Crippen molar-refractivity contribution in [3.05, 3.63) is 23.8 Å². The van der Waals surface area contributed by atoms with E-state index in [1.165, 1.54) is 0 Å². The molecule has 3 N–H and O–H groups in total. The third kappa shape index (κ3) is 3.95. The summed E-state index contributed by atoms with van der Waals surface area (Å²) in [5.41, 5.74) is 8.23. The number of nitrogen functional groups attached to an aromatic ring is 1. The molecule has 1 aromatic rings. The Morgan fingerprint density at radius 1 is 1.57 bits per heavy atom. The number of benzene rings is 1. The number of morpholine rings is 1. The van der Waals surface area contributed by atoms with Gasteiger partial charge in [-0.25, -0.2) is 0 Å². The summed E-state index contributed by atoms with van der Waals surface area (Å²) in [6, 6.07) is 5.35. The van der Waals surface area contributed by atoms with Crippen molar-refractivity contribution >= 4 is 17.3 Å². The Hall–Kier alpha value is -1.59. The van der Waals surface area contributed by atoms with E-state index in [0.29, 0.717) is 12.3 Å². The van der Waals surface area contributed by atoms with Crippen molar-refractivity contribution in [2.24, 2.45) is 0 Å². The number of amides is 1. The van der Waals surface area contributed by atoms with Crippen molar-refractivity contribution in [2.45, 2.75) is 39.3 Å². The molecule has 2 rings (SSSR count). The Morgan fingerprint density at radius 3 is 3.00 bits per heavy atom. The number of nitrogens with one attached hydrogen (secondary N) is 1. The van der Waals surface area contributed by atoms with Crippen LogP contribution in [0.4, 0.5) is 11.4 Å². The third-order valence-corrected chi connectivity index (χ3v) is 4.06. The molecule has 1 amide bonds. The standard InChI is InChI=1S/C16H25N3O2/c1-4-14-10-19(7-8-21-14)12(3)16(20)18-15-6-5-13(17)9-11(15)2/h5-6,9,12,14H,4,7-8,10,17H2,1-3H3,(H,18,20). The lowest BCUT2D eigenvalue weighted by atomic mass is 10.1. The molecular formula is C16H25N3O2. The van der Waals surface area contributed by atoms with Crippen molar-refractivity contribution < 1.29 is 9.53 Å². The van der Waals surface area contributed by atoms with Crippen LogP contribution in [0.3, 0.4) is 0 Å². The highest BCUT2D eigenvalue weighted by Crippen LogP contribution is 2.19. The summed E-state index contributed by atoms with van der Waals surface area (Å²) in [6.07, 6.45) is 1.20. The second kappa shape index (κ2) is 6.91. The first-order valence-electron chi connectivity index (χ1n) is 7.54. The topological polar surface area (TPSA) is 67.6 Å². The van der Waals surface area contributed by atoms with E-state index in [9.17, 15) is 4.79 Å². The zero-order chi connectivity index (χ0) is 15.4. The van der Waals surface area contributed by atoms with Crippen LogP contribution in [-0.4, -0.2) is 42.6 Å². The highest BCUT2D eigenvalue weighted by Gasteiger charge is 2.27. The predicted molar refractivity (Wildman–Crippen MR) is 85.3 cm³/mol. The van der Waals surface area contributed by atoms with Crippen molar-refractivity contribution in [2.75, 3.05) is 30.7 Å². The van der Waals surface area contributed by atoms with E-state index >= 15 is 0 Å². The second-order valence-electron chi connectivity index (χ2n) is 5.64. The summed E-state index contributed by atoms with van der Waals surface area (Å²) in [4.78, 5) is 14.6. The molecule has 1 saturated heterocycles. The monoisotopic (exact) mass is 291 g/mol. The zero-order valence-corrected chi connectivity index (χ0v) is 13.1. The van der Waals surface area contributed by atoms with Crippen molar-refractivity contribution in [1.29, 1.82) is 0 Å². The van der Waals surface area contributed by atoms with Crippen LogP contribution in [0.25, 0.3) is 0 Å². The quantitative estimate of drug-likeness (QED) is 0.833. The van der Waals surface area contributed by atoms with E-state index in [-0.39, 0.29) is 18.1 Å². The third-order valence-electron chi connectivity index (χ3n) is 4.06. The van der Waals surface area contributed by atoms with E-state index in [0.717, 1.165) is 30.8 Å². The Kier molecular flexibility index (Phi) is 5.20. The molecule has 1 heterocycles. The molecule has 0 aliphatic carbocycles. The number of anilines is 2. The van der Waals surface area contributed by atoms with Gasteiger partial charge in [-0.05, 0) is 44.0 Å². The van der Waals surface area contributed by atoms with Gasteiger partial charge in [0.15, 0.2) is 0 Å². The van der Waals surface area contributed by atoms with Gasteiger partial charge in [0.2, 0.25) is 5.91 Å².